The molecule has 0 spiro atoms. The largest absolute Gasteiger partial charge is 0.398 e. The first-order valence-corrected chi connectivity index (χ1v) is 6.98. The SMILES string of the molecule is Nc1ccc(-c2nnnn2-c2cc(Cl)cc(Cl)c2)cc1Cl. The number of benzene rings is 2. The van der Waals surface area contributed by atoms with Crippen LogP contribution in [0.25, 0.3) is 17.1 Å². The summed E-state index contributed by atoms with van der Waals surface area (Å²) >= 11 is 18.0. The fraction of sp³-hybridized carbons (Fsp3) is 0. The van der Waals surface area contributed by atoms with Crippen LogP contribution in [0.2, 0.25) is 15.1 Å². The van der Waals surface area contributed by atoms with Crippen molar-refractivity contribution in [1.29, 1.82) is 0 Å². The van der Waals surface area contributed by atoms with E-state index in [1.165, 1.54) is 4.68 Å². The summed E-state index contributed by atoms with van der Waals surface area (Å²) in [5.74, 6) is 0.509. The van der Waals surface area contributed by atoms with Gasteiger partial charge in [0.2, 0.25) is 0 Å². The van der Waals surface area contributed by atoms with E-state index in [4.69, 9.17) is 40.5 Å². The lowest BCUT2D eigenvalue weighted by atomic mass is 10.2. The summed E-state index contributed by atoms with van der Waals surface area (Å²) < 4.78 is 1.53. The van der Waals surface area contributed by atoms with E-state index in [2.05, 4.69) is 15.5 Å². The molecule has 5 nitrogen and oxygen atoms in total. The van der Waals surface area contributed by atoms with Crippen molar-refractivity contribution in [1.82, 2.24) is 20.2 Å². The van der Waals surface area contributed by atoms with Crippen molar-refractivity contribution in [2.45, 2.75) is 0 Å². The van der Waals surface area contributed by atoms with Gasteiger partial charge in [0.1, 0.15) is 0 Å². The van der Waals surface area contributed by atoms with Crippen molar-refractivity contribution in [2.75, 3.05) is 5.73 Å². The Morgan fingerprint density at radius 2 is 1.67 bits per heavy atom. The molecule has 0 radical (unpaired) electrons. The predicted octanol–water partition coefficient (Wildman–Crippen LogP) is 3.87. The van der Waals surface area contributed by atoms with Crippen LogP contribution in [0.3, 0.4) is 0 Å². The molecular formula is C13H8Cl3N5. The molecule has 106 valence electrons. The Kier molecular flexibility index (Phi) is 3.71. The number of nitrogen functional groups attached to an aromatic ring is 1. The van der Waals surface area contributed by atoms with Crippen LogP contribution >= 0.6 is 34.8 Å². The first-order chi connectivity index (χ1) is 10.0. The Morgan fingerprint density at radius 3 is 2.33 bits per heavy atom. The van der Waals surface area contributed by atoms with Crippen LogP contribution in [0.4, 0.5) is 5.69 Å². The molecule has 0 atom stereocenters. The average Bonchev–Trinajstić information content (AvgIpc) is 2.90. The average molecular weight is 341 g/mol. The Labute approximate surface area is 135 Å². The van der Waals surface area contributed by atoms with Crippen molar-refractivity contribution >= 4 is 40.5 Å². The van der Waals surface area contributed by atoms with Gasteiger partial charge in [-0.15, -0.1) is 5.10 Å². The van der Waals surface area contributed by atoms with Gasteiger partial charge in [0.15, 0.2) is 5.82 Å². The third kappa shape index (κ3) is 2.81. The van der Waals surface area contributed by atoms with Gasteiger partial charge in [-0.1, -0.05) is 34.8 Å². The minimum atomic E-state index is 0.436. The van der Waals surface area contributed by atoms with E-state index in [9.17, 15) is 0 Å². The molecule has 2 aromatic carbocycles. The Balaban J connectivity index is 2.14. The van der Waals surface area contributed by atoms with E-state index in [1.54, 1.807) is 36.4 Å². The van der Waals surface area contributed by atoms with Gasteiger partial charge in [0, 0.05) is 15.6 Å². The Morgan fingerprint density at radius 1 is 0.952 bits per heavy atom. The first-order valence-electron chi connectivity index (χ1n) is 5.85. The maximum atomic E-state index is 6.03. The van der Waals surface area contributed by atoms with Crippen LogP contribution in [0.5, 0.6) is 0 Å². The van der Waals surface area contributed by atoms with Crippen molar-refractivity contribution in [2.24, 2.45) is 0 Å². The molecule has 0 unspecified atom stereocenters. The Bertz CT molecular complexity index is 795. The van der Waals surface area contributed by atoms with Crippen molar-refractivity contribution in [3.63, 3.8) is 0 Å². The topological polar surface area (TPSA) is 69.6 Å². The number of aromatic nitrogens is 4. The van der Waals surface area contributed by atoms with E-state index in [0.717, 1.165) is 5.56 Å². The van der Waals surface area contributed by atoms with E-state index in [1.807, 2.05) is 0 Å². The minimum absolute atomic E-state index is 0.436. The normalized spacial score (nSPS) is 10.8. The maximum Gasteiger partial charge on any atom is 0.187 e. The van der Waals surface area contributed by atoms with Gasteiger partial charge in [0.05, 0.1) is 16.4 Å². The second kappa shape index (κ2) is 5.52. The summed E-state index contributed by atoms with van der Waals surface area (Å²) in [5, 5.41) is 13.1. The summed E-state index contributed by atoms with van der Waals surface area (Å²) in [6.07, 6.45) is 0. The van der Waals surface area contributed by atoms with Crippen molar-refractivity contribution in [3.8, 4) is 17.1 Å². The molecule has 0 bridgehead atoms. The minimum Gasteiger partial charge on any atom is -0.398 e. The molecule has 3 rings (SSSR count). The number of hydrogen-bond acceptors (Lipinski definition) is 4. The number of halogens is 3. The standard InChI is InChI=1S/C13H8Cl3N5/c14-8-4-9(15)6-10(5-8)21-13(18-19-20-21)7-1-2-12(17)11(16)3-7/h1-6H,17H2. The zero-order chi connectivity index (χ0) is 15.0. The molecule has 0 amide bonds. The van der Waals surface area contributed by atoms with Gasteiger partial charge in [0.25, 0.3) is 0 Å². The summed E-state index contributed by atoms with van der Waals surface area (Å²) in [5.41, 5.74) is 7.58. The highest BCUT2D eigenvalue weighted by atomic mass is 35.5. The van der Waals surface area contributed by atoms with E-state index in [-0.39, 0.29) is 0 Å². The van der Waals surface area contributed by atoms with Gasteiger partial charge >= 0.3 is 0 Å². The second-order valence-corrected chi connectivity index (χ2v) is 5.56. The van der Waals surface area contributed by atoms with Gasteiger partial charge in [-0.25, -0.2) is 0 Å². The lowest BCUT2D eigenvalue weighted by Crippen LogP contribution is -2.00. The van der Waals surface area contributed by atoms with Crippen LogP contribution in [0, 0.1) is 0 Å². The lowest BCUT2D eigenvalue weighted by molar-refractivity contribution is 0.791. The van der Waals surface area contributed by atoms with Gasteiger partial charge < -0.3 is 5.73 Å². The first kappa shape index (κ1) is 14.1. The molecule has 21 heavy (non-hydrogen) atoms. The van der Waals surface area contributed by atoms with Gasteiger partial charge in [-0.2, -0.15) is 4.68 Å². The van der Waals surface area contributed by atoms with Crippen LogP contribution in [0.1, 0.15) is 0 Å². The van der Waals surface area contributed by atoms with Crippen LogP contribution < -0.4 is 5.73 Å². The second-order valence-electron chi connectivity index (χ2n) is 4.28. The summed E-state index contributed by atoms with van der Waals surface area (Å²) in [6, 6.07) is 10.2. The molecule has 1 aromatic heterocycles. The monoisotopic (exact) mass is 339 g/mol. The fourth-order valence-corrected chi connectivity index (χ4v) is 2.56. The number of tetrazole rings is 1. The maximum absolute atomic E-state index is 6.03. The summed E-state index contributed by atoms with van der Waals surface area (Å²) in [4.78, 5) is 0. The van der Waals surface area contributed by atoms with Crippen molar-refractivity contribution < 1.29 is 0 Å². The zero-order valence-corrected chi connectivity index (χ0v) is 12.7. The van der Waals surface area contributed by atoms with Crippen LogP contribution in [0.15, 0.2) is 36.4 Å². The van der Waals surface area contributed by atoms with E-state index in [0.29, 0.717) is 32.3 Å². The molecule has 0 saturated carbocycles. The third-order valence-electron chi connectivity index (χ3n) is 2.82. The van der Waals surface area contributed by atoms with Crippen molar-refractivity contribution in [3.05, 3.63) is 51.5 Å². The van der Waals surface area contributed by atoms with Gasteiger partial charge in [-0.3, -0.25) is 0 Å². The van der Waals surface area contributed by atoms with Gasteiger partial charge in [-0.05, 0) is 46.8 Å². The summed E-state index contributed by atoms with van der Waals surface area (Å²) in [6.45, 7) is 0. The highest BCUT2D eigenvalue weighted by Gasteiger charge is 2.13. The predicted molar refractivity (Wildman–Crippen MR) is 84.0 cm³/mol. The molecule has 1 heterocycles. The molecule has 0 aliphatic carbocycles. The fourth-order valence-electron chi connectivity index (χ4n) is 1.87. The number of nitrogens with zero attached hydrogens (tertiary/aromatic N) is 4. The zero-order valence-electron chi connectivity index (χ0n) is 10.5. The molecule has 0 aliphatic heterocycles. The Hall–Kier alpha value is -1.82. The summed E-state index contributed by atoms with van der Waals surface area (Å²) in [7, 11) is 0. The van der Waals surface area contributed by atoms with E-state index < -0.39 is 0 Å². The van der Waals surface area contributed by atoms with E-state index >= 15 is 0 Å². The number of rotatable bonds is 2. The lowest BCUT2D eigenvalue weighted by Gasteiger charge is -2.07. The smallest absolute Gasteiger partial charge is 0.187 e. The molecule has 3 aromatic rings. The molecule has 0 fully saturated rings. The molecular weight excluding hydrogens is 333 g/mol. The van der Waals surface area contributed by atoms with Crippen LogP contribution in [-0.4, -0.2) is 20.2 Å². The number of anilines is 1. The highest BCUT2D eigenvalue weighted by Crippen LogP contribution is 2.28. The molecule has 8 heteroatoms. The number of hydrogen-bond donors (Lipinski definition) is 1. The third-order valence-corrected chi connectivity index (χ3v) is 3.58. The quantitative estimate of drug-likeness (QED) is 0.719. The number of nitrogens with two attached hydrogens (primary N) is 1. The van der Waals surface area contributed by atoms with Crippen LogP contribution in [-0.2, 0) is 0 Å². The highest BCUT2D eigenvalue weighted by molar-refractivity contribution is 6.35. The molecule has 0 saturated heterocycles. The molecule has 0 aliphatic rings. The molecule has 2 N–H and O–H groups in total.